The van der Waals surface area contributed by atoms with Crippen molar-refractivity contribution >= 4 is 6.03 Å². The van der Waals surface area contributed by atoms with Crippen LogP contribution in [-0.4, -0.2) is 31.1 Å². The summed E-state index contributed by atoms with van der Waals surface area (Å²) in [5.74, 6) is 0. The lowest BCUT2D eigenvalue weighted by atomic mass is 9.96. The van der Waals surface area contributed by atoms with E-state index in [-0.39, 0.29) is 11.4 Å². The second-order valence-electron chi connectivity index (χ2n) is 4.25. The van der Waals surface area contributed by atoms with Gasteiger partial charge in [-0.2, -0.15) is 0 Å². The highest BCUT2D eigenvalue weighted by Crippen LogP contribution is 2.13. The van der Waals surface area contributed by atoms with Crippen molar-refractivity contribution in [3.8, 4) is 0 Å². The first-order valence-corrected chi connectivity index (χ1v) is 4.36. The number of nitrogens with one attached hydrogen (secondary N) is 1. The van der Waals surface area contributed by atoms with Crippen LogP contribution in [0.4, 0.5) is 4.79 Å². The van der Waals surface area contributed by atoms with Crippen LogP contribution in [0.25, 0.3) is 0 Å². The summed E-state index contributed by atoms with van der Waals surface area (Å²) < 4.78 is 0. The summed E-state index contributed by atoms with van der Waals surface area (Å²) >= 11 is 0. The minimum absolute atomic E-state index is 0.00688. The SMILES string of the molecule is CCNC(=O)N(C)CC(C)(C)C. The molecule has 1 N–H and O–H groups in total. The fraction of sp³-hybridized carbons (Fsp3) is 0.889. The van der Waals surface area contributed by atoms with E-state index in [9.17, 15) is 4.79 Å². The third kappa shape index (κ3) is 4.99. The number of hydrogen-bond acceptors (Lipinski definition) is 1. The minimum atomic E-state index is 0.00688. The summed E-state index contributed by atoms with van der Waals surface area (Å²) in [5.41, 5.74) is 0.166. The number of hydrogen-bond donors (Lipinski definition) is 1. The van der Waals surface area contributed by atoms with Gasteiger partial charge < -0.3 is 10.2 Å². The van der Waals surface area contributed by atoms with Crippen LogP contribution in [0.5, 0.6) is 0 Å². The first-order valence-electron chi connectivity index (χ1n) is 4.36. The molecule has 0 aliphatic carbocycles. The highest BCUT2D eigenvalue weighted by Gasteiger charge is 2.16. The normalized spacial score (nSPS) is 11.1. The highest BCUT2D eigenvalue weighted by atomic mass is 16.2. The molecule has 0 radical (unpaired) electrons. The Labute approximate surface area is 75.1 Å². The van der Waals surface area contributed by atoms with Gasteiger partial charge in [0.2, 0.25) is 0 Å². The van der Waals surface area contributed by atoms with Crippen molar-refractivity contribution in [3.63, 3.8) is 0 Å². The molecule has 0 aromatic rings. The number of nitrogens with zero attached hydrogens (tertiary/aromatic N) is 1. The average molecular weight is 172 g/mol. The van der Waals surface area contributed by atoms with Gasteiger partial charge >= 0.3 is 6.03 Å². The van der Waals surface area contributed by atoms with E-state index >= 15 is 0 Å². The summed E-state index contributed by atoms with van der Waals surface area (Å²) in [6.45, 7) is 9.73. The van der Waals surface area contributed by atoms with Gasteiger partial charge in [0.25, 0.3) is 0 Å². The van der Waals surface area contributed by atoms with Crippen LogP contribution in [0.15, 0.2) is 0 Å². The Kier molecular flexibility index (Phi) is 4.07. The van der Waals surface area contributed by atoms with Gasteiger partial charge in [-0.1, -0.05) is 20.8 Å². The number of carbonyl (C=O) groups is 1. The number of rotatable bonds is 2. The lowest BCUT2D eigenvalue weighted by Crippen LogP contribution is -2.41. The smallest absolute Gasteiger partial charge is 0.317 e. The standard InChI is InChI=1S/C9H20N2O/c1-6-10-8(12)11(5)7-9(2,3)4/h6-7H2,1-5H3,(H,10,12). The second-order valence-corrected chi connectivity index (χ2v) is 4.25. The van der Waals surface area contributed by atoms with Gasteiger partial charge in [-0.3, -0.25) is 0 Å². The monoisotopic (exact) mass is 172 g/mol. The largest absolute Gasteiger partial charge is 0.338 e. The van der Waals surface area contributed by atoms with Crippen molar-refractivity contribution in [2.24, 2.45) is 5.41 Å². The van der Waals surface area contributed by atoms with Crippen LogP contribution in [0.2, 0.25) is 0 Å². The summed E-state index contributed by atoms with van der Waals surface area (Å²) in [4.78, 5) is 12.9. The Morgan fingerprint density at radius 3 is 2.25 bits per heavy atom. The van der Waals surface area contributed by atoms with Crippen molar-refractivity contribution in [2.45, 2.75) is 27.7 Å². The zero-order valence-electron chi connectivity index (χ0n) is 8.77. The predicted molar refractivity (Wildman–Crippen MR) is 51.2 cm³/mol. The van der Waals surface area contributed by atoms with Crippen molar-refractivity contribution in [2.75, 3.05) is 20.1 Å². The first kappa shape index (κ1) is 11.3. The molecule has 0 unspecified atom stereocenters. The molecular formula is C9H20N2O. The van der Waals surface area contributed by atoms with E-state index in [1.807, 2.05) is 14.0 Å². The maximum absolute atomic E-state index is 11.2. The van der Waals surface area contributed by atoms with E-state index in [0.717, 1.165) is 6.54 Å². The predicted octanol–water partition coefficient (Wildman–Crippen LogP) is 1.69. The molecule has 0 aromatic carbocycles. The van der Waals surface area contributed by atoms with Crippen molar-refractivity contribution in [3.05, 3.63) is 0 Å². The van der Waals surface area contributed by atoms with Crippen molar-refractivity contribution in [1.82, 2.24) is 10.2 Å². The molecule has 0 saturated heterocycles. The molecule has 3 heteroatoms. The van der Waals surface area contributed by atoms with Crippen molar-refractivity contribution in [1.29, 1.82) is 0 Å². The molecule has 0 bridgehead atoms. The molecule has 0 aliphatic rings. The first-order chi connectivity index (χ1) is 5.37. The maximum Gasteiger partial charge on any atom is 0.317 e. The Hall–Kier alpha value is -0.730. The minimum Gasteiger partial charge on any atom is -0.338 e. The van der Waals surface area contributed by atoms with Crippen LogP contribution < -0.4 is 5.32 Å². The Morgan fingerprint density at radius 1 is 1.42 bits per heavy atom. The van der Waals surface area contributed by atoms with Gasteiger partial charge in [0.15, 0.2) is 0 Å². The molecule has 0 rings (SSSR count). The highest BCUT2D eigenvalue weighted by molar-refractivity contribution is 5.73. The van der Waals surface area contributed by atoms with Crippen LogP contribution in [0, 0.1) is 5.41 Å². The molecule has 0 saturated carbocycles. The fourth-order valence-corrected chi connectivity index (χ4v) is 1.07. The molecule has 0 aromatic heterocycles. The van der Waals surface area contributed by atoms with Crippen LogP contribution in [0.3, 0.4) is 0 Å². The molecule has 0 heterocycles. The van der Waals surface area contributed by atoms with E-state index in [4.69, 9.17) is 0 Å². The lowest BCUT2D eigenvalue weighted by molar-refractivity contribution is 0.189. The Balaban J connectivity index is 3.87. The molecule has 12 heavy (non-hydrogen) atoms. The van der Waals surface area contributed by atoms with E-state index in [0.29, 0.717) is 6.54 Å². The number of urea groups is 1. The van der Waals surface area contributed by atoms with Crippen LogP contribution in [0.1, 0.15) is 27.7 Å². The van der Waals surface area contributed by atoms with E-state index in [1.54, 1.807) is 4.90 Å². The van der Waals surface area contributed by atoms with Gasteiger partial charge in [0, 0.05) is 20.1 Å². The third-order valence-electron chi connectivity index (χ3n) is 1.39. The van der Waals surface area contributed by atoms with E-state index in [1.165, 1.54) is 0 Å². The summed E-state index contributed by atoms with van der Waals surface area (Å²) in [6, 6.07) is 0.00688. The Bertz CT molecular complexity index is 149. The van der Waals surface area contributed by atoms with Gasteiger partial charge in [-0.05, 0) is 12.3 Å². The quantitative estimate of drug-likeness (QED) is 0.675. The maximum atomic E-state index is 11.2. The van der Waals surface area contributed by atoms with Crippen molar-refractivity contribution < 1.29 is 4.79 Å². The summed E-state index contributed by atoms with van der Waals surface area (Å²) in [7, 11) is 1.82. The lowest BCUT2D eigenvalue weighted by Gasteiger charge is -2.26. The molecular weight excluding hydrogens is 152 g/mol. The molecule has 3 nitrogen and oxygen atoms in total. The van der Waals surface area contributed by atoms with E-state index < -0.39 is 0 Å². The van der Waals surface area contributed by atoms with Gasteiger partial charge in [-0.15, -0.1) is 0 Å². The zero-order valence-corrected chi connectivity index (χ0v) is 8.77. The zero-order chi connectivity index (χ0) is 9.78. The summed E-state index contributed by atoms with van der Waals surface area (Å²) in [6.07, 6.45) is 0. The number of carbonyl (C=O) groups excluding carboxylic acids is 1. The molecule has 0 spiro atoms. The van der Waals surface area contributed by atoms with Gasteiger partial charge in [0.1, 0.15) is 0 Å². The van der Waals surface area contributed by atoms with E-state index in [2.05, 4.69) is 26.1 Å². The van der Waals surface area contributed by atoms with Gasteiger partial charge in [-0.25, -0.2) is 4.79 Å². The molecule has 0 atom stereocenters. The molecule has 0 fully saturated rings. The molecule has 0 aliphatic heterocycles. The summed E-state index contributed by atoms with van der Waals surface area (Å²) in [5, 5.41) is 2.75. The van der Waals surface area contributed by atoms with Crippen LogP contribution >= 0.6 is 0 Å². The Morgan fingerprint density at radius 2 is 1.92 bits per heavy atom. The molecule has 2 amide bonds. The number of amides is 2. The topological polar surface area (TPSA) is 32.3 Å². The van der Waals surface area contributed by atoms with Gasteiger partial charge in [0.05, 0.1) is 0 Å². The van der Waals surface area contributed by atoms with Crippen LogP contribution in [-0.2, 0) is 0 Å². The third-order valence-corrected chi connectivity index (χ3v) is 1.39. The molecule has 72 valence electrons. The second kappa shape index (κ2) is 4.33. The fourth-order valence-electron chi connectivity index (χ4n) is 1.07. The average Bonchev–Trinajstić information content (AvgIpc) is 1.84.